The first-order chi connectivity index (χ1) is 10.3. The van der Waals surface area contributed by atoms with E-state index in [4.69, 9.17) is 4.98 Å². The van der Waals surface area contributed by atoms with Crippen molar-refractivity contribution < 1.29 is 0 Å². The molecule has 1 atom stereocenters. The second-order valence-electron chi connectivity index (χ2n) is 6.48. The van der Waals surface area contributed by atoms with Crippen LogP contribution < -0.4 is 0 Å². The molecule has 1 saturated heterocycles. The van der Waals surface area contributed by atoms with Gasteiger partial charge in [-0.15, -0.1) is 0 Å². The third-order valence-corrected chi connectivity index (χ3v) is 4.74. The fourth-order valence-electron chi connectivity index (χ4n) is 3.21. The van der Waals surface area contributed by atoms with Gasteiger partial charge in [0.1, 0.15) is 5.82 Å². The fourth-order valence-corrected chi connectivity index (χ4v) is 3.21. The van der Waals surface area contributed by atoms with Gasteiger partial charge in [-0.05, 0) is 44.0 Å². The zero-order valence-electron chi connectivity index (χ0n) is 13.4. The van der Waals surface area contributed by atoms with Crippen LogP contribution in [0.5, 0.6) is 0 Å². The van der Waals surface area contributed by atoms with Crippen LogP contribution in [0.2, 0.25) is 0 Å². The van der Waals surface area contributed by atoms with E-state index in [1.165, 1.54) is 50.1 Å². The van der Waals surface area contributed by atoms with Crippen LogP contribution in [0, 0.1) is 5.92 Å². The Morgan fingerprint density at radius 1 is 1.14 bits per heavy atom. The number of piperidine rings is 1. The number of rotatable bonds is 5. The predicted octanol–water partition coefficient (Wildman–Crippen LogP) is 4.07. The van der Waals surface area contributed by atoms with Crippen molar-refractivity contribution in [1.29, 1.82) is 0 Å². The highest BCUT2D eigenvalue weighted by Gasteiger charge is 2.17. The number of hydrogen-bond acceptors (Lipinski definition) is 2. The van der Waals surface area contributed by atoms with Crippen LogP contribution in [-0.4, -0.2) is 27.5 Å². The van der Waals surface area contributed by atoms with Crippen molar-refractivity contribution in [3.8, 4) is 0 Å². The predicted molar refractivity (Wildman–Crippen MR) is 88.3 cm³/mol. The Kier molecular flexibility index (Phi) is 4.59. The number of hydrogen-bond donors (Lipinski definition) is 0. The second kappa shape index (κ2) is 6.61. The Morgan fingerprint density at radius 2 is 1.90 bits per heavy atom. The van der Waals surface area contributed by atoms with Gasteiger partial charge in [0.2, 0.25) is 0 Å². The van der Waals surface area contributed by atoms with Gasteiger partial charge in [0.15, 0.2) is 0 Å². The van der Waals surface area contributed by atoms with E-state index in [1.807, 2.05) is 0 Å². The van der Waals surface area contributed by atoms with E-state index in [2.05, 4.69) is 47.6 Å². The number of aromatic nitrogens is 2. The zero-order valence-corrected chi connectivity index (χ0v) is 13.4. The van der Waals surface area contributed by atoms with Gasteiger partial charge in [-0.25, -0.2) is 4.98 Å². The maximum Gasteiger partial charge on any atom is 0.124 e. The molecule has 0 saturated carbocycles. The van der Waals surface area contributed by atoms with Crippen LogP contribution in [0.1, 0.15) is 45.4 Å². The molecule has 1 aliphatic rings. The van der Waals surface area contributed by atoms with Crippen molar-refractivity contribution in [3.63, 3.8) is 0 Å². The van der Waals surface area contributed by atoms with E-state index in [0.29, 0.717) is 5.92 Å². The van der Waals surface area contributed by atoms with Gasteiger partial charge in [0.25, 0.3) is 0 Å². The standard InChI is InChI=1S/C18H27N3/c1-3-15(2)13-21-17-10-6-5-9-16(17)19-18(21)14-20-11-7-4-8-12-20/h5-6,9-10,15H,3-4,7-8,11-14H2,1-2H3/t15-/m1/s1. The minimum atomic E-state index is 0.697. The molecule has 3 heteroatoms. The van der Waals surface area contributed by atoms with Gasteiger partial charge in [-0.2, -0.15) is 0 Å². The third kappa shape index (κ3) is 3.29. The smallest absolute Gasteiger partial charge is 0.124 e. The Bertz CT molecular complexity index is 581. The molecule has 0 bridgehead atoms. The maximum absolute atomic E-state index is 4.92. The van der Waals surface area contributed by atoms with Crippen LogP contribution in [0.15, 0.2) is 24.3 Å². The van der Waals surface area contributed by atoms with Crippen LogP contribution in [0.4, 0.5) is 0 Å². The lowest BCUT2D eigenvalue weighted by Gasteiger charge is -2.26. The summed E-state index contributed by atoms with van der Waals surface area (Å²) in [5, 5.41) is 0. The van der Waals surface area contributed by atoms with Gasteiger partial charge >= 0.3 is 0 Å². The average molecular weight is 285 g/mol. The molecular formula is C18H27N3. The molecule has 0 radical (unpaired) electrons. The number of likely N-dealkylation sites (tertiary alicyclic amines) is 1. The normalized spacial score (nSPS) is 18.2. The van der Waals surface area contributed by atoms with Gasteiger partial charge in [0, 0.05) is 6.54 Å². The second-order valence-corrected chi connectivity index (χ2v) is 6.48. The number of fused-ring (bicyclic) bond motifs is 1. The third-order valence-electron chi connectivity index (χ3n) is 4.74. The minimum Gasteiger partial charge on any atom is -0.327 e. The van der Waals surface area contributed by atoms with Crippen LogP contribution in [0.3, 0.4) is 0 Å². The Hall–Kier alpha value is -1.35. The summed E-state index contributed by atoms with van der Waals surface area (Å²) in [5.74, 6) is 1.95. The highest BCUT2D eigenvalue weighted by atomic mass is 15.2. The lowest BCUT2D eigenvalue weighted by Crippen LogP contribution is -2.30. The van der Waals surface area contributed by atoms with Crippen LogP contribution >= 0.6 is 0 Å². The first-order valence-electron chi connectivity index (χ1n) is 8.44. The van der Waals surface area contributed by atoms with Gasteiger partial charge in [0.05, 0.1) is 17.6 Å². The molecule has 3 rings (SSSR count). The molecule has 3 nitrogen and oxygen atoms in total. The SMILES string of the molecule is CC[C@@H](C)Cn1c(CN2CCCCC2)nc2ccccc21. The first kappa shape index (κ1) is 14.6. The summed E-state index contributed by atoms with van der Waals surface area (Å²) in [6.45, 7) is 9.15. The minimum absolute atomic E-state index is 0.697. The molecule has 1 aliphatic heterocycles. The van der Waals surface area contributed by atoms with Crippen molar-refractivity contribution >= 4 is 11.0 Å². The number of benzene rings is 1. The average Bonchev–Trinajstić information content (AvgIpc) is 2.86. The summed E-state index contributed by atoms with van der Waals surface area (Å²) < 4.78 is 2.46. The van der Waals surface area contributed by atoms with Gasteiger partial charge in [-0.3, -0.25) is 4.90 Å². The van der Waals surface area contributed by atoms with Crippen molar-refractivity contribution in [1.82, 2.24) is 14.5 Å². The summed E-state index contributed by atoms with van der Waals surface area (Å²) in [7, 11) is 0. The van der Waals surface area contributed by atoms with E-state index < -0.39 is 0 Å². The molecule has 2 heterocycles. The van der Waals surface area contributed by atoms with Gasteiger partial charge in [-0.1, -0.05) is 38.8 Å². The fraction of sp³-hybridized carbons (Fsp3) is 0.611. The summed E-state index contributed by atoms with van der Waals surface area (Å²) in [5.41, 5.74) is 2.44. The summed E-state index contributed by atoms with van der Waals surface area (Å²) in [6, 6.07) is 8.57. The topological polar surface area (TPSA) is 21.1 Å². The lowest BCUT2D eigenvalue weighted by molar-refractivity contribution is 0.212. The number of para-hydroxylation sites is 2. The molecule has 2 aromatic rings. The molecule has 114 valence electrons. The number of imidazole rings is 1. The van der Waals surface area contributed by atoms with E-state index in [-0.39, 0.29) is 0 Å². The van der Waals surface area contributed by atoms with E-state index in [0.717, 1.165) is 18.6 Å². The molecule has 0 N–H and O–H groups in total. The maximum atomic E-state index is 4.92. The van der Waals surface area contributed by atoms with E-state index in [1.54, 1.807) is 0 Å². The van der Waals surface area contributed by atoms with Crippen molar-refractivity contribution in [2.45, 2.75) is 52.6 Å². The Labute approximate surface area is 128 Å². The Balaban J connectivity index is 1.89. The largest absolute Gasteiger partial charge is 0.327 e. The van der Waals surface area contributed by atoms with Crippen molar-refractivity contribution in [3.05, 3.63) is 30.1 Å². The molecule has 1 aromatic carbocycles. The summed E-state index contributed by atoms with van der Waals surface area (Å²) >= 11 is 0. The molecule has 0 amide bonds. The summed E-state index contributed by atoms with van der Waals surface area (Å²) in [4.78, 5) is 7.48. The van der Waals surface area contributed by atoms with Crippen LogP contribution in [0.25, 0.3) is 11.0 Å². The monoisotopic (exact) mass is 285 g/mol. The number of nitrogens with zero attached hydrogens (tertiary/aromatic N) is 3. The zero-order chi connectivity index (χ0) is 14.7. The molecule has 0 spiro atoms. The molecule has 1 aromatic heterocycles. The molecule has 0 aliphatic carbocycles. The highest BCUT2D eigenvalue weighted by molar-refractivity contribution is 5.75. The molecule has 1 fully saturated rings. The molecule has 21 heavy (non-hydrogen) atoms. The quantitative estimate of drug-likeness (QED) is 0.825. The van der Waals surface area contributed by atoms with E-state index in [9.17, 15) is 0 Å². The first-order valence-corrected chi connectivity index (χ1v) is 8.44. The lowest BCUT2D eigenvalue weighted by atomic mass is 10.1. The van der Waals surface area contributed by atoms with E-state index >= 15 is 0 Å². The Morgan fingerprint density at radius 3 is 2.67 bits per heavy atom. The summed E-state index contributed by atoms with van der Waals surface area (Å²) in [6.07, 6.45) is 5.28. The highest BCUT2D eigenvalue weighted by Crippen LogP contribution is 2.21. The molecule has 0 unspecified atom stereocenters. The van der Waals surface area contributed by atoms with Crippen LogP contribution in [-0.2, 0) is 13.1 Å². The van der Waals surface area contributed by atoms with Gasteiger partial charge < -0.3 is 4.57 Å². The van der Waals surface area contributed by atoms with Crippen molar-refractivity contribution in [2.24, 2.45) is 5.92 Å². The molecular weight excluding hydrogens is 258 g/mol. The van der Waals surface area contributed by atoms with Crippen molar-refractivity contribution in [2.75, 3.05) is 13.1 Å².